The number of rotatable bonds is 9. The van der Waals surface area contributed by atoms with Gasteiger partial charge in [-0.15, -0.1) is 5.10 Å². The first kappa shape index (κ1) is 19.7. The minimum absolute atomic E-state index is 0.113. The quantitative estimate of drug-likeness (QED) is 0.594. The van der Waals surface area contributed by atoms with Crippen molar-refractivity contribution < 1.29 is 14.3 Å². The second kappa shape index (κ2) is 9.75. The number of carbonyl (C=O) groups excluding carboxylic acids is 1. The van der Waals surface area contributed by atoms with Gasteiger partial charge in [0.15, 0.2) is 5.82 Å². The summed E-state index contributed by atoms with van der Waals surface area (Å²) in [6, 6.07) is 5.12. The van der Waals surface area contributed by atoms with Gasteiger partial charge in [0, 0.05) is 24.1 Å². The molecule has 0 bridgehead atoms. The molecule has 8 heteroatoms. The molecule has 25 heavy (non-hydrogen) atoms. The standard InChI is InChI=1S/C17H21Cl2N3O3/c1-3-4-5-6-15(23)22-16(13-8-7-12(18)11-14(13)19)20-17(21-22)25-10-9-24-2/h7-8,11H,3-6,9-10H2,1-2H3. The molecule has 0 saturated carbocycles. The fourth-order valence-electron chi connectivity index (χ4n) is 2.22. The van der Waals surface area contributed by atoms with Crippen LogP contribution in [0.4, 0.5) is 0 Å². The van der Waals surface area contributed by atoms with Crippen molar-refractivity contribution in [3.63, 3.8) is 0 Å². The second-order valence-corrected chi connectivity index (χ2v) is 6.29. The Morgan fingerprint density at radius 3 is 2.72 bits per heavy atom. The third-order valence-corrected chi connectivity index (χ3v) is 4.06. The van der Waals surface area contributed by atoms with Gasteiger partial charge in [0.1, 0.15) is 6.61 Å². The Bertz CT molecular complexity index is 719. The number of nitrogens with zero attached hydrogens (tertiary/aromatic N) is 3. The van der Waals surface area contributed by atoms with E-state index in [1.165, 1.54) is 4.68 Å². The van der Waals surface area contributed by atoms with Gasteiger partial charge in [-0.1, -0.05) is 43.0 Å². The smallest absolute Gasteiger partial charge is 0.336 e. The number of ether oxygens (including phenoxy) is 2. The molecule has 0 saturated heterocycles. The first-order chi connectivity index (χ1) is 12.1. The first-order valence-electron chi connectivity index (χ1n) is 8.14. The zero-order valence-corrected chi connectivity index (χ0v) is 15.8. The lowest BCUT2D eigenvalue weighted by molar-refractivity contribution is 0.0881. The Balaban J connectivity index is 2.32. The van der Waals surface area contributed by atoms with Gasteiger partial charge < -0.3 is 9.47 Å². The summed E-state index contributed by atoms with van der Waals surface area (Å²) in [4.78, 5) is 16.9. The van der Waals surface area contributed by atoms with Crippen molar-refractivity contribution in [1.29, 1.82) is 0 Å². The second-order valence-electron chi connectivity index (χ2n) is 5.45. The van der Waals surface area contributed by atoms with Crippen molar-refractivity contribution in [2.75, 3.05) is 20.3 Å². The molecule has 0 amide bonds. The molecule has 1 aromatic heterocycles. The molecule has 0 unspecified atom stereocenters. The molecule has 0 aliphatic heterocycles. The van der Waals surface area contributed by atoms with Gasteiger partial charge in [-0.25, -0.2) is 0 Å². The molecule has 1 aromatic carbocycles. The molecular weight excluding hydrogens is 365 g/mol. The molecule has 1 heterocycles. The highest BCUT2D eigenvalue weighted by molar-refractivity contribution is 6.36. The lowest BCUT2D eigenvalue weighted by Crippen LogP contribution is -2.14. The number of aromatic nitrogens is 3. The van der Waals surface area contributed by atoms with E-state index in [0.717, 1.165) is 19.3 Å². The third kappa shape index (κ3) is 5.42. The molecule has 0 fully saturated rings. The zero-order valence-electron chi connectivity index (χ0n) is 14.3. The van der Waals surface area contributed by atoms with Crippen molar-refractivity contribution in [1.82, 2.24) is 14.8 Å². The number of unbranched alkanes of at least 4 members (excludes halogenated alkanes) is 2. The third-order valence-electron chi connectivity index (χ3n) is 3.51. The van der Waals surface area contributed by atoms with Gasteiger partial charge in [-0.05, 0) is 24.6 Å². The summed E-state index contributed by atoms with van der Waals surface area (Å²) in [7, 11) is 1.57. The van der Waals surface area contributed by atoms with E-state index in [4.69, 9.17) is 32.7 Å². The highest BCUT2D eigenvalue weighted by atomic mass is 35.5. The number of hydrogen-bond acceptors (Lipinski definition) is 5. The summed E-state index contributed by atoms with van der Waals surface area (Å²) in [6.45, 7) is 2.77. The van der Waals surface area contributed by atoms with E-state index in [0.29, 0.717) is 41.1 Å². The Hall–Kier alpha value is -1.63. The van der Waals surface area contributed by atoms with E-state index in [1.807, 2.05) is 0 Å². The topological polar surface area (TPSA) is 66.2 Å². The molecular formula is C17H21Cl2N3O3. The van der Waals surface area contributed by atoms with Crippen LogP contribution < -0.4 is 4.74 Å². The van der Waals surface area contributed by atoms with E-state index in [9.17, 15) is 4.79 Å². The predicted molar refractivity (Wildman–Crippen MR) is 97.6 cm³/mol. The predicted octanol–water partition coefficient (Wildman–Crippen LogP) is 4.50. The number of methoxy groups -OCH3 is 1. The zero-order chi connectivity index (χ0) is 18.2. The maximum absolute atomic E-state index is 12.5. The van der Waals surface area contributed by atoms with Crippen LogP contribution in [0.3, 0.4) is 0 Å². The van der Waals surface area contributed by atoms with Gasteiger partial charge >= 0.3 is 6.01 Å². The number of halogens is 2. The molecule has 0 aliphatic rings. The van der Waals surface area contributed by atoms with Crippen LogP contribution in [-0.2, 0) is 4.74 Å². The highest BCUT2D eigenvalue weighted by Crippen LogP contribution is 2.30. The average Bonchev–Trinajstić information content (AvgIpc) is 2.99. The number of carbonyl (C=O) groups is 1. The van der Waals surface area contributed by atoms with E-state index in [2.05, 4.69) is 17.0 Å². The van der Waals surface area contributed by atoms with Crippen LogP contribution in [0.15, 0.2) is 18.2 Å². The molecule has 136 valence electrons. The van der Waals surface area contributed by atoms with Crippen LogP contribution in [-0.4, -0.2) is 41.0 Å². The SMILES string of the molecule is CCCCCC(=O)n1nc(OCCOC)nc1-c1ccc(Cl)cc1Cl. The fourth-order valence-corrected chi connectivity index (χ4v) is 2.71. The lowest BCUT2D eigenvalue weighted by atomic mass is 10.2. The van der Waals surface area contributed by atoms with Crippen molar-refractivity contribution in [2.45, 2.75) is 32.6 Å². The van der Waals surface area contributed by atoms with Gasteiger partial charge in [0.2, 0.25) is 5.91 Å². The Labute approximate surface area is 157 Å². The van der Waals surface area contributed by atoms with Crippen LogP contribution >= 0.6 is 23.2 Å². The fraction of sp³-hybridized carbons (Fsp3) is 0.471. The minimum Gasteiger partial charge on any atom is -0.460 e. The summed E-state index contributed by atoms with van der Waals surface area (Å²) < 4.78 is 11.6. The number of hydrogen-bond donors (Lipinski definition) is 0. The highest BCUT2D eigenvalue weighted by Gasteiger charge is 2.20. The lowest BCUT2D eigenvalue weighted by Gasteiger charge is -2.06. The normalized spacial score (nSPS) is 10.9. The Morgan fingerprint density at radius 1 is 1.24 bits per heavy atom. The van der Waals surface area contributed by atoms with E-state index in [1.54, 1.807) is 25.3 Å². The summed E-state index contributed by atoms with van der Waals surface area (Å²) >= 11 is 12.2. The Morgan fingerprint density at radius 2 is 2.04 bits per heavy atom. The van der Waals surface area contributed by atoms with Gasteiger partial charge in [-0.2, -0.15) is 9.67 Å². The first-order valence-corrected chi connectivity index (χ1v) is 8.89. The van der Waals surface area contributed by atoms with Crippen LogP contribution in [0.5, 0.6) is 6.01 Å². The molecule has 0 N–H and O–H groups in total. The van der Waals surface area contributed by atoms with Crippen LogP contribution in [0.2, 0.25) is 10.0 Å². The molecule has 6 nitrogen and oxygen atoms in total. The van der Waals surface area contributed by atoms with Gasteiger partial charge in [0.05, 0.1) is 11.6 Å². The van der Waals surface area contributed by atoms with Crippen molar-refractivity contribution >= 4 is 29.1 Å². The summed E-state index contributed by atoms with van der Waals surface area (Å²) in [6.07, 6.45) is 3.19. The maximum atomic E-state index is 12.5. The van der Waals surface area contributed by atoms with Crippen molar-refractivity contribution in [3.05, 3.63) is 28.2 Å². The minimum atomic E-state index is -0.149. The van der Waals surface area contributed by atoms with Crippen LogP contribution in [0.25, 0.3) is 11.4 Å². The van der Waals surface area contributed by atoms with E-state index >= 15 is 0 Å². The molecule has 0 spiro atoms. The molecule has 2 aromatic rings. The van der Waals surface area contributed by atoms with Gasteiger partial charge in [-0.3, -0.25) is 4.79 Å². The van der Waals surface area contributed by atoms with E-state index < -0.39 is 0 Å². The largest absolute Gasteiger partial charge is 0.460 e. The molecule has 2 rings (SSSR count). The van der Waals surface area contributed by atoms with Crippen molar-refractivity contribution in [2.24, 2.45) is 0 Å². The average molecular weight is 386 g/mol. The summed E-state index contributed by atoms with van der Waals surface area (Å²) in [5, 5.41) is 5.09. The van der Waals surface area contributed by atoms with Gasteiger partial charge in [0.25, 0.3) is 0 Å². The summed E-state index contributed by atoms with van der Waals surface area (Å²) in [5.74, 6) is 0.194. The van der Waals surface area contributed by atoms with Crippen LogP contribution in [0, 0.1) is 0 Å². The monoisotopic (exact) mass is 385 g/mol. The van der Waals surface area contributed by atoms with E-state index in [-0.39, 0.29) is 11.9 Å². The molecule has 0 aliphatic carbocycles. The molecule has 0 atom stereocenters. The maximum Gasteiger partial charge on any atom is 0.336 e. The Kier molecular flexibility index (Phi) is 7.68. The van der Waals surface area contributed by atoms with Crippen molar-refractivity contribution in [3.8, 4) is 17.4 Å². The summed E-state index contributed by atoms with van der Waals surface area (Å²) in [5.41, 5.74) is 0.573. The van der Waals surface area contributed by atoms with Crippen LogP contribution in [0.1, 0.15) is 37.4 Å². The number of benzene rings is 1. The molecule has 0 radical (unpaired) electrons.